The fourth-order valence-corrected chi connectivity index (χ4v) is 1.89. The molecular weight excluding hydrogens is 186 g/mol. The molecule has 1 aromatic carbocycles. The zero-order chi connectivity index (χ0) is 10.7. The van der Waals surface area contributed by atoms with E-state index in [4.69, 9.17) is 5.73 Å². The van der Waals surface area contributed by atoms with E-state index in [1.54, 1.807) is 0 Å². The number of hydrogen-bond acceptors (Lipinski definition) is 2. The maximum absolute atomic E-state index is 7.26. The van der Waals surface area contributed by atoms with Crippen molar-refractivity contribution in [2.75, 3.05) is 38.1 Å². The monoisotopic (exact) mass is 204 g/mol. The summed E-state index contributed by atoms with van der Waals surface area (Å²) in [6.07, 6.45) is 0. The van der Waals surface area contributed by atoms with Crippen LogP contribution in [0.25, 0.3) is 0 Å². The van der Waals surface area contributed by atoms with Crippen molar-refractivity contribution in [2.45, 2.75) is 6.54 Å². The topological polar surface area (TPSA) is 30.3 Å². The van der Waals surface area contributed by atoms with E-state index in [0.29, 0.717) is 6.54 Å². The van der Waals surface area contributed by atoms with E-state index >= 15 is 0 Å². The molecule has 1 fully saturated rings. The predicted molar refractivity (Wildman–Crippen MR) is 63.0 cm³/mol. The number of piperazine rings is 1. The van der Waals surface area contributed by atoms with Crippen LogP contribution in [0.3, 0.4) is 0 Å². The maximum Gasteiger partial charge on any atom is 0.0367 e. The number of hydrogen-bond donors (Lipinski definition) is 0. The molecule has 0 amide bonds. The normalized spacial score (nSPS) is 18.1. The van der Waals surface area contributed by atoms with Crippen LogP contribution >= 0.6 is 0 Å². The van der Waals surface area contributed by atoms with Crippen LogP contribution in [0.1, 0.15) is 5.56 Å². The molecule has 1 saturated heterocycles. The standard InChI is InChI=1S/C12H18N3/c1-14-6-8-15(9-7-14)12-4-2-11(10-13)3-5-12/h2-5,13H,6-10H2,1H3. The van der Waals surface area contributed by atoms with Crippen LogP contribution in [0.5, 0.6) is 0 Å². The van der Waals surface area contributed by atoms with Crippen LogP contribution in [0.2, 0.25) is 0 Å². The Morgan fingerprint density at radius 2 is 1.67 bits per heavy atom. The minimum Gasteiger partial charge on any atom is -0.369 e. The van der Waals surface area contributed by atoms with E-state index in [1.807, 2.05) is 0 Å². The average Bonchev–Trinajstić information content (AvgIpc) is 2.30. The second-order valence-electron chi connectivity index (χ2n) is 4.13. The van der Waals surface area contributed by atoms with Gasteiger partial charge in [0, 0.05) is 38.4 Å². The molecule has 1 aliphatic rings. The minimum atomic E-state index is 0.378. The third kappa shape index (κ3) is 2.49. The van der Waals surface area contributed by atoms with Crippen molar-refractivity contribution in [2.24, 2.45) is 0 Å². The first-order valence-corrected chi connectivity index (χ1v) is 5.46. The van der Waals surface area contributed by atoms with E-state index in [1.165, 1.54) is 5.69 Å². The van der Waals surface area contributed by atoms with Crippen LogP contribution in [0.4, 0.5) is 5.69 Å². The lowest BCUT2D eigenvalue weighted by Gasteiger charge is -2.34. The SMILES string of the molecule is CN1CCN(c2ccc(C[NH])cc2)CC1. The highest BCUT2D eigenvalue weighted by molar-refractivity contribution is 5.48. The minimum absolute atomic E-state index is 0.378. The first-order valence-electron chi connectivity index (χ1n) is 5.46. The van der Waals surface area contributed by atoms with Crippen LogP contribution in [0, 0.1) is 0 Å². The van der Waals surface area contributed by atoms with Gasteiger partial charge in [0.2, 0.25) is 0 Å². The number of anilines is 1. The van der Waals surface area contributed by atoms with Gasteiger partial charge in [0.25, 0.3) is 0 Å². The van der Waals surface area contributed by atoms with Crippen LogP contribution in [-0.2, 0) is 6.54 Å². The molecule has 0 aliphatic carbocycles. The molecule has 1 N–H and O–H groups in total. The summed E-state index contributed by atoms with van der Waals surface area (Å²) in [5.41, 5.74) is 9.65. The molecule has 1 heterocycles. The van der Waals surface area contributed by atoms with Gasteiger partial charge in [-0.05, 0) is 24.7 Å². The van der Waals surface area contributed by atoms with E-state index in [0.717, 1.165) is 31.7 Å². The van der Waals surface area contributed by atoms with Crippen molar-refractivity contribution in [3.63, 3.8) is 0 Å². The first kappa shape index (κ1) is 10.5. The van der Waals surface area contributed by atoms with Crippen molar-refractivity contribution >= 4 is 5.69 Å². The molecule has 3 nitrogen and oxygen atoms in total. The van der Waals surface area contributed by atoms with Gasteiger partial charge in [0.15, 0.2) is 0 Å². The molecule has 0 unspecified atom stereocenters. The molecule has 0 bridgehead atoms. The maximum atomic E-state index is 7.26. The fraction of sp³-hybridized carbons (Fsp3) is 0.500. The molecule has 1 aromatic rings. The first-order chi connectivity index (χ1) is 7.29. The van der Waals surface area contributed by atoms with Crippen molar-refractivity contribution in [1.82, 2.24) is 10.6 Å². The summed E-state index contributed by atoms with van der Waals surface area (Å²) in [5, 5.41) is 0. The molecule has 81 valence electrons. The lowest BCUT2D eigenvalue weighted by atomic mass is 10.2. The number of nitrogens with one attached hydrogen (secondary N) is 1. The number of benzene rings is 1. The number of rotatable bonds is 2. The van der Waals surface area contributed by atoms with Gasteiger partial charge in [0.05, 0.1) is 0 Å². The summed E-state index contributed by atoms with van der Waals surface area (Å²) in [7, 11) is 2.17. The van der Waals surface area contributed by atoms with E-state index in [9.17, 15) is 0 Å². The number of nitrogens with zero attached hydrogens (tertiary/aromatic N) is 2. The van der Waals surface area contributed by atoms with Gasteiger partial charge in [0.1, 0.15) is 0 Å². The molecule has 0 atom stereocenters. The summed E-state index contributed by atoms with van der Waals surface area (Å²) in [6, 6.07) is 8.38. The Morgan fingerprint density at radius 3 is 2.20 bits per heavy atom. The lowest BCUT2D eigenvalue weighted by molar-refractivity contribution is 0.313. The second kappa shape index (κ2) is 4.64. The second-order valence-corrected chi connectivity index (χ2v) is 4.13. The van der Waals surface area contributed by atoms with Gasteiger partial charge in [-0.2, -0.15) is 0 Å². The van der Waals surface area contributed by atoms with Crippen LogP contribution in [-0.4, -0.2) is 38.1 Å². The van der Waals surface area contributed by atoms with Gasteiger partial charge >= 0.3 is 0 Å². The molecule has 3 heteroatoms. The molecular formula is C12H18N3. The Kier molecular flexibility index (Phi) is 3.23. The molecule has 1 aliphatic heterocycles. The van der Waals surface area contributed by atoms with E-state index in [2.05, 4.69) is 41.1 Å². The quantitative estimate of drug-likeness (QED) is 0.725. The van der Waals surface area contributed by atoms with Crippen LogP contribution in [0.15, 0.2) is 24.3 Å². The van der Waals surface area contributed by atoms with Gasteiger partial charge < -0.3 is 9.80 Å². The summed E-state index contributed by atoms with van der Waals surface area (Å²) in [4.78, 5) is 4.77. The number of likely N-dealkylation sites (N-methyl/N-ethyl adjacent to an activating group) is 1. The molecule has 2 rings (SSSR count). The summed E-state index contributed by atoms with van der Waals surface area (Å²) in [5.74, 6) is 0. The highest BCUT2D eigenvalue weighted by Gasteiger charge is 2.13. The summed E-state index contributed by atoms with van der Waals surface area (Å²) in [6.45, 7) is 4.87. The van der Waals surface area contributed by atoms with Crippen molar-refractivity contribution < 1.29 is 0 Å². The third-order valence-corrected chi connectivity index (χ3v) is 3.01. The molecule has 0 aromatic heterocycles. The molecule has 0 saturated carbocycles. The Balaban J connectivity index is 2.03. The van der Waals surface area contributed by atoms with E-state index < -0.39 is 0 Å². The van der Waals surface area contributed by atoms with Crippen LogP contribution < -0.4 is 10.6 Å². The van der Waals surface area contributed by atoms with Crippen molar-refractivity contribution in [1.29, 1.82) is 0 Å². The molecule has 1 radical (unpaired) electrons. The highest BCUT2D eigenvalue weighted by atomic mass is 15.2. The fourth-order valence-electron chi connectivity index (χ4n) is 1.89. The van der Waals surface area contributed by atoms with Gasteiger partial charge in [-0.1, -0.05) is 12.1 Å². The Labute approximate surface area is 91.5 Å². The van der Waals surface area contributed by atoms with Gasteiger partial charge in [-0.3, -0.25) is 5.73 Å². The van der Waals surface area contributed by atoms with Crippen molar-refractivity contribution in [3.8, 4) is 0 Å². The van der Waals surface area contributed by atoms with Gasteiger partial charge in [-0.25, -0.2) is 0 Å². The predicted octanol–water partition coefficient (Wildman–Crippen LogP) is 1.22. The summed E-state index contributed by atoms with van der Waals surface area (Å²) < 4.78 is 0. The lowest BCUT2D eigenvalue weighted by Crippen LogP contribution is -2.44. The average molecular weight is 204 g/mol. The Bertz CT molecular complexity index is 299. The highest BCUT2D eigenvalue weighted by Crippen LogP contribution is 2.16. The molecule has 0 spiro atoms. The van der Waals surface area contributed by atoms with Crippen molar-refractivity contribution in [3.05, 3.63) is 29.8 Å². The van der Waals surface area contributed by atoms with E-state index in [-0.39, 0.29) is 0 Å². The zero-order valence-corrected chi connectivity index (χ0v) is 9.24. The smallest absolute Gasteiger partial charge is 0.0367 e. The largest absolute Gasteiger partial charge is 0.369 e. The Hall–Kier alpha value is -1.06. The van der Waals surface area contributed by atoms with Gasteiger partial charge in [-0.15, -0.1) is 0 Å². The summed E-state index contributed by atoms with van der Waals surface area (Å²) >= 11 is 0. The zero-order valence-electron chi connectivity index (χ0n) is 9.24. The third-order valence-electron chi connectivity index (χ3n) is 3.01. The Morgan fingerprint density at radius 1 is 1.07 bits per heavy atom. The molecule has 15 heavy (non-hydrogen) atoms.